The summed E-state index contributed by atoms with van der Waals surface area (Å²) >= 11 is 0. The van der Waals surface area contributed by atoms with Crippen LogP contribution in [0, 0.1) is 0 Å². The fraction of sp³-hybridized carbons (Fsp3) is 1.00. The first-order chi connectivity index (χ1) is 5.77. The van der Waals surface area contributed by atoms with Crippen LogP contribution in [0.25, 0.3) is 0 Å². The van der Waals surface area contributed by atoms with Crippen LogP contribution in [0.5, 0.6) is 0 Å². The van der Waals surface area contributed by atoms with Gasteiger partial charge in [-0.05, 0) is 32.9 Å². The van der Waals surface area contributed by atoms with Crippen molar-refractivity contribution in [2.24, 2.45) is 0 Å². The summed E-state index contributed by atoms with van der Waals surface area (Å²) in [6.07, 6.45) is 5.63. The van der Waals surface area contributed by atoms with E-state index < -0.39 is 0 Å². The Hall–Kier alpha value is -0.0800. The first kappa shape index (κ1) is 10.0. The van der Waals surface area contributed by atoms with Crippen molar-refractivity contribution in [3.63, 3.8) is 0 Å². The molecule has 12 heavy (non-hydrogen) atoms. The molecule has 1 rings (SSSR count). The summed E-state index contributed by atoms with van der Waals surface area (Å²) < 4.78 is 5.24. The number of unbranched alkanes of at least 4 members (excludes halogenated alkanes) is 1. The Morgan fingerprint density at radius 1 is 1.42 bits per heavy atom. The molecule has 2 heteroatoms. The molecule has 0 aromatic rings. The molecule has 0 aromatic heterocycles. The summed E-state index contributed by atoms with van der Waals surface area (Å²) in [5.74, 6) is 0. The second-order valence-electron chi connectivity index (χ2n) is 3.82. The minimum absolute atomic E-state index is 0.541. The zero-order valence-electron chi connectivity index (χ0n) is 8.55. The van der Waals surface area contributed by atoms with Crippen LogP contribution in [-0.2, 0) is 4.74 Å². The summed E-state index contributed by atoms with van der Waals surface area (Å²) in [6, 6.07) is 0.793. The molecule has 1 saturated carbocycles. The van der Waals surface area contributed by atoms with Crippen LogP contribution in [0.1, 0.15) is 32.6 Å². The van der Waals surface area contributed by atoms with Crippen molar-refractivity contribution in [3.05, 3.63) is 0 Å². The average molecular weight is 171 g/mol. The lowest BCUT2D eigenvalue weighted by molar-refractivity contribution is -0.0195. The third kappa shape index (κ3) is 2.46. The van der Waals surface area contributed by atoms with Gasteiger partial charge < -0.3 is 9.64 Å². The summed E-state index contributed by atoms with van der Waals surface area (Å²) in [5.41, 5.74) is 0. The normalized spacial score (nSPS) is 29.0. The van der Waals surface area contributed by atoms with Crippen molar-refractivity contribution in [2.45, 2.75) is 44.8 Å². The molecule has 2 nitrogen and oxygen atoms in total. The first-order valence-electron chi connectivity index (χ1n) is 5.01. The van der Waals surface area contributed by atoms with Gasteiger partial charge >= 0.3 is 0 Å². The second-order valence-corrected chi connectivity index (χ2v) is 3.82. The minimum Gasteiger partial charge on any atom is -0.381 e. The van der Waals surface area contributed by atoms with E-state index in [1.807, 2.05) is 7.11 Å². The van der Waals surface area contributed by atoms with Gasteiger partial charge in [0.1, 0.15) is 0 Å². The molecule has 72 valence electrons. The molecule has 0 bridgehead atoms. The van der Waals surface area contributed by atoms with Gasteiger partial charge in [0.15, 0.2) is 0 Å². The SMILES string of the molecule is CCCCN(C)C1CC(OC)C1. The van der Waals surface area contributed by atoms with E-state index in [0.717, 1.165) is 6.04 Å². The van der Waals surface area contributed by atoms with Crippen LogP contribution in [0.3, 0.4) is 0 Å². The van der Waals surface area contributed by atoms with Crippen LogP contribution < -0.4 is 0 Å². The topological polar surface area (TPSA) is 12.5 Å². The summed E-state index contributed by atoms with van der Waals surface area (Å²) in [5, 5.41) is 0. The zero-order valence-corrected chi connectivity index (χ0v) is 8.55. The summed E-state index contributed by atoms with van der Waals surface area (Å²) in [6.45, 7) is 3.49. The Morgan fingerprint density at radius 2 is 2.08 bits per heavy atom. The van der Waals surface area contributed by atoms with E-state index in [4.69, 9.17) is 4.74 Å². The van der Waals surface area contributed by atoms with Crippen molar-refractivity contribution in [1.29, 1.82) is 0 Å². The van der Waals surface area contributed by atoms with E-state index in [9.17, 15) is 0 Å². The van der Waals surface area contributed by atoms with Crippen molar-refractivity contribution < 1.29 is 4.74 Å². The molecule has 0 saturated heterocycles. The Labute approximate surface area is 75.9 Å². The number of hydrogen-bond acceptors (Lipinski definition) is 2. The third-order valence-electron chi connectivity index (χ3n) is 2.89. The number of methoxy groups -OCH3 is 1. The van der Waals surface area contributed by atoms with E-state index in [0.29, 0.717) is 6.10 Å². The molecule has 0 unspecified atom stereocenters. The average Bonchev–Trinajstić information content (AvgIpc) is 1.99. The largest absolute Gasteiger partial charge is 0.381 e. The summed E-state index contributed by atoms with van der Waals surface area (Å²) in [7, 11) is 4.04. The minimum atomic E-state index is 0.541. The molecule has 0 heterocycles. The van der Waals surface area contributed by atoms with Crippen LogP contribution in [-0.4, -0.2) is 37.7 Å². The van der Waals surface area contributed by atoms with Gasteiger partial charge in [0.2, 0.25) is 0 Å². The molecular formula is C10H21NO. The lowest BCUT2D eigenvalue weighted by atomic mass is 9.88. The van der Waals surface area contributed by atoms with E-state index in [1.165, 1.54) is 32.2 Å². The Bertz CT molecular complexity index is 118. The molecule has 1 fully saturated rings. The van der Waals surface area contributed by atoms with Gasteiger partial charge in [-0.1, -0.05) is 13.3 Å². The van der Waals surface area contributed by atoms with E-state index in [-0.39, 0.29) is 0 Å². The van der Waals surface area contributed by atoms with Crippen molar-refractivity contribution in [1.82, 2.24) is 4.90 Å². The van der Waals surface area contributed by atoms with E-state index in [2.05, 4.69) is 18.9 Å². The first-order valence-corrected chi connectivity index (χ1v) is 5.01. The van der Waals surface area contributed by atoms with Gasteiger partial charge in [0, 0.05) is 13.2 Å². The molecular weight excluding hydrogens is 150 g/mol. The molecule has 0 spiro atoms. The quantitative estimate of drug-likeness (QED) is 0.626. The second kappa shape index (κ2) is 4.83. The maximum Gasteiger partial charge on any atom is 0.0601 e. The van der Waals surface area contributed by atoms with Crippen LogP contribution >= 0.6 is 0 Å². The van der Waals surface area contributed by atoms with Crippen LogP contribution in [0.2, 0.25) is 0 Å². The van der Waals surface area contributed by atoms with Gasteiger partial charge in [-0.3, -0.25) is 0 Å². The zero-order chi connectivity index (χ0) is 8.97. The number of hydrogen-bond donors (Lipinski definition) is 0. The van der Waals surface area contributed by atoms with E-state index in [1.54, 1.807) is 0 Å². The smallest absolute Gasteiger partial charge is 0.0601 e. The molecule has 0 atom stereocenters. The lowest BCUT2D eigenvalue weighted by Gasteiger charge is -2.40. The lowest BCUT2D eigenvalue weighted by Crippen LogP contribution is -2.46. The number of rotatable bonds is 5. The maximum absolute atomic E-state index is 5.24. The molecule has 0 aromatic carbocycles. The van der Waals surface area contributed by atoms with Gasteiger partial charge in [0.05, 0.1) is 6.10 Å². The molecule has 1 aliphatic rings. The molecule has 0 radical (unpaired) electrons. The number of ether oxygens (including phenoxy) is 1. The van der Waals surface area contributed by atoms with E-state index >= 15 is 0 Å². The highest BCUT2D eigenvalue weighted by Gasteiger charge is 2.31. The van der Waals surface area contributed by atoms with Gasteiger partial charge in [-0.15, -0.1) is 0 Å². The van der Waals surface area contributed by atoms with Crippen LogP contribution in [0.4, 0.5) is 0 Å². The summed E-state index contributed by atoms with van der Waals surface area (Å²) in [4.78, 5) is 2.47. The Kier molecular flexibility index (Phi) is 4.02. The molecule has 1 aliphatic carbocycles. The molecule has 0 aliphatic heterocycles. The van der Waals surface area contributed by atoms with Crippen LogP contribution in [0.15, 0.2) is 0 Å². The van der Waals surface area contributed by atoms with Gasteiger partial charge in [-0.2, -0.15) is 0 Å². The highest BCUT2D eigenvalue weighted by molar-refractivity contribution is 4.86. The predicted octanol–water partition coefficient (Wildman–Crippen LogP) is 1.90. The van der Waals surface area contributed by atoms with Crippen molar-refractivity contribution in [2.75, 3.05) is 20.7 Å². The predicted molar refractivity (Wildman–Crippen MR) is 51.4 cm³/mol. The number of nitrogens with zero attached hydrogens (tertiary/aromatic N) is 1. The highest BCUT2D eigenvalue weighted by atomic mass is 16.5. The fourth-order valence-electron chi connectivity index (χ4n) is 1.68. The van der Waals surface area contributed by atoms with Gasteiger partial charge in [0.25, 0.3) is 0 Å². The Balaban J connectivity index is 2.06. The third-order valence-corrected chi connectivity index (χ3v) is 2.89. The maximum atomic E-state index is 5.24. The monoisotopic (exact) mass is 171 g/mol. The van der Waals surface area contributed by atoms with Crippen molar-refractivity contribution in [3.8, 4) is 0 Å². The standard InChI is InChI=1S/C10H21NO/c1-4-5-6-11(2)9-7-10(8-9)12-3/h9-10H,4-8H2,1-3H3. The Morgan fingerprint density at radius 3 is 2.58 bits per heavy atom. The molecule has 0 N–H and O–H groups in total. The van der Waals surface area contributed by atoms with Gasteiger partial charge in [-0.25, -0.2) is 0 Å². The van der Waals surface area contributed by atoms with Crippen molar-refractivity contribution >= 4 is 0 Å². The highest BCUT2D eigenvalue weighted by Crippen LogP contribution is 2.26. The fourth-order valence-corrected chi connectivity index (χ4v) is 1.68. The molecule has 0 amide bonds.